The van der Waals surface area contributed by atoms with Crippen molar-refractivity contribution in [1.29, 1.82) is 0 Å². The summed E-state index contributed by atoms with van der Waals surface area (Å²) in [5, 5.41) is 4.33. The van der Waals surface area contributed by atoms with Gasteiger partial charge in [-0.1, -0.05) is 36.9 Å². The second-order valence-electron chi connectivity index (χ2n) is 6.25. The third kappa shape index (κ3) is 3.71. The normalized spacial score (nSPS) is 22.3. The molecule has 0 atom stereocenters. The largest absolute Gasteiger partial charge is 0.492 e. The molecule has 3 rings (SSSR count). The number of rotatable bonds is 4. The molecule has 2 aliphatic rings. The van der Waals surface area contributed by atoms with Crippen LogP contribution in [-0.2, 0) is 0 Å². The fraction of sp³-hybridized carbons (Fsp3) is 0.647. The van der Waals surface area contributed by atoms with Crippen molar-refractivity contribution in [2.75, 3.05) is 32.8 Å². The van der Waals surface area contributed by atoms with E-state index in [1.54, 1.807) is 0 Å². The number of ether oxygens (including phenoxy) is 1. The monoisotopic (exact) mass is 308 g/mol. The van der Waals surface area contributed by atoms with Crippen molar-refractivity contribution in [3.05, 3.63) is 29.3 Å². The molecule has 0 radical (unpaired) electrons. The standard InChI is InChI=1S/C17H25ClN2O/c18-15-5-4-6-16(13-15)21-12-11-20-10-9-19-14-17(20)7-2-1-3-8-17/h4-6,13,19H,1-3,7-12,14H2. The minimum absolute atomic E-state index is 0.383. The van der Waals surface area contributed by atoms with Crippen LogP contribution in [0.25, 0.3) is 0 Å². The topological polar surface area (TPSA) is 24.5 Å². The van der Waals surface area contributed by atoms with Crippen molar-refractivity contribution < 1.29 is 4.74 Å². The van der Waals surface area contributed by atoms with Gasteiger partial charge >= 0.3 is 0 Å². The molecule has 1 saturated heterocycles. The van der Waals surface area contributed by atoms with Gasteiger partial charge in [-0.25, -0.2) is 0 Å². The highest BCUT2D eigenvalue weighted by molar-refractivity contribution is 6.30. The average molecular weight is 309 g/mol. The van der Waals surface area contributed by atoms with Crippen LogP contribution in [0.4, 0.5) is 0 Å². The van der Waals surface area contributed by atoms with Gasteiger partial charge in [-0.15, -0.1) is 0 Å². The fourth-order valence-electron chi connectivity index (χ4n) is 3.77. The number of halogens is 1. The van der Waals surface area contributed by atoms with Crippen LogP contribution < -0.4 is 10.1 Å². The van der Waals surface area contributed by atoms with Crippen LogP contribution in [0, 0.1) is 0 Å². The number of nitrogens with one attached hydrogen (secondary N) is 1. The van der Waals surface area contributed by atoms with Gasteiger partial charge in [-0.05, 0) is 31.0 Å². The van der Waals surface area contributed by atoms with Gasteiger partial charge in [0.15, 0.2) is 0 Å². The van der Waals surface area contributed by atoms with Crippen molar-refractivity contribution in [1.82, 2.24) is 10.2 Å². The maximum absolute atomic E-state index is 5.99. The number of benzene rings is 1. The van der Waals surface area contributed by atoms with Gasteiger partial charge in [0, 0.05) is 36.7 Å². The predicted octanol–water partition coefficient (Wildman–Crippen LogP) is 3.33. The summed E-state index contributed by atoms with van der Waals surface area (Å²) in [5.41, 5.74) is 0.383. The molecule has 3 nitrogen and oxygen atoms in total. The highest BCUT2D eigenvalue weighted by atomic mass is 35.5. The Hall–Kier alpha value is -0.770. The third-order valence-electron chi connectivity index (χ3n) is 4.89. The SMILES string of the molecule is Clc1cccc(OCCN2CCNCC23CCCCC3)c1. The summed E-state index contributed by atoms with van der Waals surface area (Å²) in [6.07, 6.45) is 6.80. The molecular formula is C17H25ClN2O. The Kier molecular flexibility index (Phi) is 5.04. The molecule has 1 heterocycles. The average Bonchev–Trinajstić information content (AvgIpc) is 2.50. The second kappa shape index (κ2) is 6.99. The lowest BCUT2D eigenvalue weighted by atomic mass is 9.79. The molecule has 4 heteroatoms. The van der Waals surface area contributed by atoms with Gasteiger partial charge in [0.25, 0.3) is 0 Å². The van der Waals surface area contributed by atoms with Crippen LogP contribution in [0.5, 0.6) is 5.75 Å². The van der Waals surface area contributed by atoms with Gasteiger partial charge in [-0.2, -0.15) is 0 Å². The Morgan fingerprint density at radius 3 is 2.90 bits per heavy atom. The molecule has 2 fully saturated rings. The van der Waals surface area contributed by atoms with Crippen molar-refractivity contribution >= 4 is 11.6 Å². The summed E-state index contributed by atoms with van der Waals surface area (Å²) in [5.74, 6) is 0.871. The molecule has 0 bridgehead atoms. The highest BCUT2D eigenvalue weighted by Gasteiger charge is 2.39. The van der Waals surface area contributed by atoms with Crippen molar-refractivity contribution in [3.8, 4) is 5.75 Å². The fourth-order valence-corrected chi connectivity index (χ4v) is 3.95. The Labute approximate surface area is 132 Å². The van der Waals surface area contributed by atoms with E-state index in [-0.39, 0.29) is 0 Å². The van der Waals surface area contributed by atoms with E-state index in [1.807, 2.05) is 24.3 Å². The van der Waals surface area contributed by atoms with E-state index in [1.165, 1.54) is 32.1 Å². The Bertz CT molecular complexity index is 452. The lowest BCUT2D eigenvalue weighted by Gasteiger charge is -2.49. The minimum atomic E-state index is 0.383. The molecule has 0 aromatic heterocycles. The third-order valence-corrected chi connectivity index (χ3v) is 5.13. The van der Waals surface area contributed by atoms with Crippen LogP contribution in [0.1, 0.15) is 32.1 Å². The van der Waals surface area contributed by atoms with E-state index in [4.69, 9.17) is 16.3 Å². The van der Waals surface area contributed by atoms with Crippen molar-refractivity contribution in [3.63, 3.8) is 0 Å². The molecular weight excluding hydrogens is 284 g/mol. The molecule has 1 aliphatic heterocycles. The van der Waals surface area contributed by atoms with Gasteiger partial charge in [-0.3, -0.25) is 4.90 Å². The lowest BCUT2D eigenvalue weighted by Crippen LogP contribution is -2.62. The zero-order valence-electron chi connectivity index (χ0n) is 12.6. The Morgan fingerprint density at radius 2 is 2.10 bits per heavy atom. The van der Waals surface area contributed by atoms with Crippen LogP contribution in [0.2, 0.25) is 5.02 Å². The quantitative estimate of drug-likeness (QED) is 0.923. The van der Waals surface area contributed by atoms with Crippen LogP contribution in [-0.4, -0.2) is 43.2 Å². The maximum Gasteiger partial charge on any atom is 0.120 e. The van der Waals surface area contributed by atoms with Crippen LogP contribution in [0.3, 0.4) is 0 Å². The van der Waals surface area contributed by atoms with E-state index >= 15 is 0 Å². The molecule has 21 heavy (non-hydrogen) atoms. The smallest absolute Gasteiger partial charge is 0.120 e. The first kappa shape index (κ1) is 15.1. The molecule has 1 spiro atoms. The van der Waals surface area contributed by atoms with Crippen LogP contribution >= 0.6 is 11.6 Å². The van der Waals surface area contributed by atoms with E-state index in [0.717, 1.165) is 43.6 Å². The van der Waals surface area contributed by atoms with Gasteiger partial charge < -0.3 is 10.1 Å². The number of hydrogen-bond donors (Lipinski definition) is 1. The van der Waals surface area contributed by atoms with Crippen molar-refractivity contribution in [2.24, 2.45) is 0 Å². The van der Waals surface area contributed by atoms with Gasteiger partial charge in [0.1, 0.15) is 12.4 Å². The number of piperazine rings is 1. The second-order valence-corrected chi connectivity index (χ2v) is 6.69. The summed E-state index contributed by atoms with van der Waals surface area (Å²) < 4.78 is 5.88. The lowest BCUT2D eigenvalue weighted by molar-refractivity contribution is 0.0183. The zero-order valence-corrected chi connectivity index (χ0v) is 13.4. The van der Waals surface area contributed by atoms with Crippen molar-refractivity contribution in [2.45, 2.75) is 37.6 Å². The number of nitrogens with zero attached hydrogens (tertiary/aromatic N) is 1. The Balaban J connectivity index is 1.55. The summed E-state index contributed by atoms with van der Waals surface area (Å²) in [4.78, 5) is 2.66. The molecule has 1 aromatic carbocycles. The summed E-state index contributed by atoms with van der Waals surface area (Å²) >= 11 is 5.99. The first-order chi connectivity index (χ1) is 10.3. The first-order valence-electron chi connectivity index (χ1n) is 8.13. The first-order valence-corrected chi connectivity index (χ1v) is 8.50. The maximum atomic E-state index is 5.99. The molecule has 1 aliphatic carbocycles. The van der Waals surface area contributed by atoms with Crippen LogP contribution in [0.15, 0.2) is 24.3 Å². The van der Waals surface area contributed by atoms with Gasteiger partial charge in [0.05, 0.1) is 0 Å². The predicted molar refractivity (Wildman–Crippen MR) is 87.2 cm³/mol. The van der Waals surface area contributed by atoms with E-state index in [0.29, 0.717) is 5.54 Å². The number of hydrogen-bond acceptors (Lipinski definition) is 3. The zero-order chi connectivity index (χ0) is 14.5. The Morgan fingerprint density at radius 1 is 1.24 bits per heavy atom. The highest BCUT2D eigenvalue weighted by Crippen LogP contribution is 2.34. The molecule has 0 amide bonds. The molecule has 0 unspecified atom stereocenters. The van der Waals surface area contributed by atoms with E-state index in [2.05, 4.69) is 10.2 Å². The summed E-state index contributed by atoms with van der Waals surface area (Å²) in [6, 6.07) is 7.67. The molecule has 1 saturated carbocycles. The molecule has 116 valence electrons. The summed E-state index contributed by atoms with van der Waals surface area (Å²) in [6.45, 7) is 5.12. The molecule has 1 aromatic rings. The van der Waals surface area contributed by atoms with E-state index < -0.39 is 0 Å². The molecule has 1 N–H and O–H groups in total. The summed E-state index contributed by atoms with van der Waals surface area (Å²) in [7, 11) is 0. The van der Waals surface area contributed by atoms with Gasteiger partial charge in [0.2, 0.25) is 0 Å². The minimum Gasteiger partial charge on any atom is -0.492 e. The van der Waals surface area contributed by atoms with E-state index in [9.17, 15) is 0 Å².